The number of esters is 2. The fourth-order valence-corrected chi connectivity index (χ4v) is 3.91. The number of anilines is 1. The Kier molecular flexibility index (Phi) is 13.4. The molecule has 0 bridgehead atoms. The molecule has 0 radical (unpaired) electrons. The average Bonchev–Trinajstić information content (AvgIpc) is 3.21. The molecule has 0 saturated heterocycles. The second-order valence-electron chi connectivity index (χ2n) is 8.74. The van der Waals surface area contributed by atoms with Crippen molar-refractivity contribution in [2.75, 3.05) is 25.3 Å². The lowest BCUT2D eigenvalue weighted by Crippen LogP contribution is -2.44. The molecular weight excluding hydrogens is 491 g/mol. The van der Waals surface area contributed by atoms with Crippen LogP contribution < -0.4 is 10.8 Å². The van der Waals surface area contributed by atoms with Crippen LogP contribution in [-0.4, -0.2) is 73.9 Å². The van der Waals surface area contributed by atoms with Crippen molar-refractivity contribution in [3.63, 3.8) is 0 Å². The third-order valence-corrected chi connectivity index (χ3v) is 5.69. The first-order valence-corrected chi connectivity index (χ1v) is 13.1. The Morgan fingerprint density at radius 2 is 1.94 bits per heavy atom. The van der Waals surface area contributed by atoms with Crippen LogP contribution in [0.3, 0.4) is 0 Å². The van der Waals surface area contributed by atoms with Gasteiger partial charge >= 0.3 is 19.9 Å². The predicted molar refractivity (Wildman–Crippen MR) is 134 cm³/mol. The second-order valence-corrected chi connectivity index (χ2v) is 9.97. The number of unbranched alkanes of at least 4 members (excludes halogenated alkanes) is 1. The maximum Gasteiger partial charge on any atom is 0.461 e. The highest BCUT2D eigenvalue weighted by molar-refractivity contribution is 7.42. The lowest BCUT2D eigenvalue weighted by molar-refractivity contribution is -0.151. The van der Waals surface area contributed by atoms with Crippen LogP contribution in [0, 0.1) is 0 Å². The lowest BCUT2D eigenvalue weighted by atomic mass is 10.1. The molecule has 202 valence electrons. The van der Waals surface area contributed by atoms with E-state index in [1.165, 1.54) is 6.33 Å². The minimum Gasteiger partial charge on any atom is -0.464 e. The molecule has 4 N–H and O–H groups in total. The first-order chi connectivity index (χ1) is 16.9. The molecule has 0 aromatic carbocycles. The summed E-state index contributed by atoms with van der Waals surface area (Å²) in [6.07, 6.45) is 4.31. The summed E-state index contributed by atoms with van der Waals surface area (Å²) >= 11 is 0. The maximum atomic E-state index is 12.3. The van der Waals surface area contributed by atoms with Crippen LogP contribution in [0.4, 0.5) is 5.82 Å². The van der Waals surface area contributed by atoms with Crippen molar-refractivity contribution in [1.82, 2.24) is 24.6 Å². The zero-order valence-corrected chi connectivity index (χ0v) is 22.7. The Balaban J connectivity index is 0.000000697. The molecule has 2 rings (SSSR count). The number of aliphatic hydroxyl groups is 1. The van der Waals surface area contributed by atoms with Gasteiger partial charge in [0.05, 0.1) is 31.7 Å². The summed E-state index contributed by atoms with van der Waals surface area (Å²) in [4.78, 5) is 34.5. The number of carbonyl (C=O) groups excluding carboxylic acids is 2. The van der Waals surface area contributed by atoms with Gasteiger partial charge in [-0.2, -0.15) is 0 Å². The number of rotatable bonds is 13. The van der Waals surface area contributed by atoms with Crippen LogP contribution in [0.25, 0.3) is 11.2 Å². The Labute approximate surface area is 212 Å². The normalized spacial score (nSPS) is 12.6. The molecule has 13 nitrogen and oxygen atoms in total. The molecule has 2 aromatic rings. The number of nitrogens with zero attached hydrogens (tertiary/aromatic N) is 4. The standard InChI is InChI=1S/C17H28N6O4P.C5H10O3/c1-5-6-7-26-16(24)17(3,4)22-28(25)11-27-12(2)8-23-10-21-13-14(18)19-9-20-15(13)23;1-4(2)8-5(7)3-6/h9-10,12H,5-8,11H2,1-4H3,(H,22,25)(H2,18,19,20);4,6H,3H2,1-2H3/q+1;. The summed E-state index contributed by atoms with van der Waals surface area (Å²) in [5.74, 6) is -0.683. The Bertz CT molecular complexity index is 998. The largest absolute Gasteiger partial charge is 0.464 e. The van der Waals surface area contributed by atoms with Gasteiger partial charge in [0.15, 0.2) is 17.0 Å². The number of carbonyl (C=O) groups is 2. The summed E-state index contributed by atoms with van der Waals surface area (Å²) in [5.41, 5.74) is 5.87. The van der Waals surface area contributed by atoms with Crippen molar-refractivity contribution in [3.05, 3.63) is 12.7 Å². The highest BCUT2D eigenvalue weighted by atomic mass is 31.1. The number of nitrogens with one attached hydrogen (secondary N) is 1. The number of nitrogens with two attached hydrogens (primary N) is 1. The molecule has 14 heteroatoms. The molecule has 2 unspecified atom stereocenters. The summed E-state index contributed by atoms with van der Waals surface area (Å²) in [6, 6.07) is 0. The van der Waals surface area contributed by atoms with E-state index in [0.29, 0.717) is 30.1 Å². The number of hydrogen-bond acceptors (Lipinski definition) is 11. The van der Waals surface area contributed by atoms with Crippen LogP contribution in [0.5, 0.6) is 0 Å². The molecule has 0 fully saturated rings. The van der Waals surface area contributed by atoms with Crippen LogP contribution in [0.15, 0.2) is 12.7 Å². The van der Waals surface area contributed by atoms with Gasteiger partial charge < -0.3 is 29.6 Å². The number of aromatic nitrogens is 4. The number of hydrogen-bond donors (Lipinski definition) is 3. The van der Waals surface area contributed by atoms with Gasteiger partial charge in [0.25, 0.3) is 6.35 Å². The Morgan fingerprint density at radius 1 is 1.25 bits per heavy atom. The SMILES string of the molecule is CC(C)OC(=O)CO.CCCCOC(=O)C(C)(C)N[P+](=O)COC(C)Cn1cnc2c(N)ncnc21. The van der Waals surface area contributed by atoms with Crippen LogP contribution in [-0.2, 0) is 34.9 Å². The van der Waals surface area contributed by atoms with Gasteiger partial charge in [0.2, 0.25) is 0 Å². The Hall–Kier alpha value is -2.73. The average molecular weight is 530 g/mol. The van der Waals surface area contributed by atoms with Crippen molar-refractivity contribution < 1.29 is 33.5 Å². The number of ether oxygens (including phenoxy) is 3. The maximum absolute atomic E-state index is 12.3. The second kappa shape index (κ2) is 15.4. The summed E-state index contributed by atoms with van der Waals surface area (Å²) < 4.78 is 29.5. The van der Waals surface area contributed by atoms with E-state index in [1.54, 1.807) is 38.6 Å². The molecule has 0 saturated carbocycles. The highest BCUT2D eigenvalue weighted by Gasteiger charge is 2.37. The first-order valence-electron chi connectivity index (χ1n) is 11.6. The molecule has 2 atom stereocenters. The van der Waals surface area contributed by atoms with E-state index < -0.39 is 32.0 Å². The summed E-state index contributed by atoms with van der Waals surface area (Å²) in [6.45, 7) is 10.9. The van der Waals surface area contributed by atoms with E-state index in [1.807, 2.05) is 13.8 Å². The van der Waals surface area contributed by atoms with E-state index >= 15 is 0 Å². The monoisotopic (exact) mass is 529 g/mol. The molecule has 36 heavy (non-hydrogen) atoms. The first kappa shape index (κ1) is 31.3. The van der Waals surface area contributed by atoms with Crippen LogP contribution in [0.1, 0.15) is 54.4 Å². The number of imidazole rings is 1. The summed E-state index contributed by atoms with van der Waals surface area (Å²) in [7, 11) is -1.95. The smallest absolute Gasteiger partial charge is 0.461 e. The fourth-order valence-electron chi connectivity index (χ4n) is 2.74. The molecular formula is C22H38N6O7P+. The van der Waals surface area contributed by atoms with E-state index in [-0.39, 0.29) is 18.6 Å². The molecule has 0 aliphatic heterocycles. The van der Waals surface area contributed by atoms with Crippen molar-refractivity contribution in [2.24, 2.45) is 0 Å². The molecule has 0 aliphatic rings. The van der Waals surface area contributed by atoms with Crippen molar-refractivity contribution in [3.8, 4) is 0 Å². The quantitative estimate of drug-likeness (QED) is 0.196. The summed E-state index contributed by atoms with van der Waals surface area (Å²) in [5, 5.41) is 10.9. The lowest BCUT2D eigenvalue weighted by Gasteiger charge is -2.18. The van der Waals surface area contributed by atoms with Crippen LogP contribution in [0.2, 0.25) is 0 Å². The topological polar surface area (TPSA) is 181 Å². The van der Waals surface area contributed by atoms with Gasteiger partial charge in [-0.05, 0) is 45.6 Å². The number of nitrogen functional groups attached to an aromatic ring is 1. The van der Waals surface area contributed by atoms with Crippen molar-refractivity contribution >= 4 is 36.9 Å². The van der Waals surface area contributed by atoms with E-state index in [2.05, 4.69) is 24.8 Å². The van der Waals surface area contributed by atoms with Gasteiger partial charge in [-0.25, -0.2) is 24.5 Å². The Morgan fingerprint density at radius 3 is 2.53 bits per heavy atom. The molecule has 2 aromatic heterocycles. The van der Waals surface area contributed by atoms with Gasteiger partial charge in [0.1, 0.15) is 18.5 Å². The van der Waals surface area contributed by atoms with E-state index in [4.69, 9.17) is 20.3 Å². The van der Waals surface area contributed by atoms with Gasteiger partial charge in [0, 0.05) is 0 Å². The van der Waals surface area contributed by atoms with E-state index in [9.17, 15) is 14.2 Å². The third kappa shape index (κ3) is 10.9. The zero-order chi connectivity index (χ0) is 27.3. The molecule has 0 aliphatic carbocycles. The third-order valence-electron chi connectivity index (χ3n) is 4.50. The van der Waals surface area contributed by atoms with Gasteiger partial charge in [-0.3, -0.25) is 0 Å². The number of fused-ring (bicyclic) bond motifs is 1. The molecule has 0 spiro atoms. The molecule has 2 heterocycles. The highest BCUT2D eigenvalue weighted by Crippen LogP contribution is 2.23. The predicted octanol–water partition coefficient (Wildman–Crippen LogP) is 2.16. The van der Waals surface area contributed by atoms with Gasteiger partial charge in [-0.1, -0.05) is 18.4 Å². The van der Waals surface area contributed by atoms with Crippen molar-refractivity contribution in [1.29, 1.82) is 0 Å². The van der Waals surface area contributed by atoms with Crippen molar-refractivity contribution in [2.45, 2.75) is 78.7 Å². The van der Waals surface area contributed by atoms with E-state index in [0.717, 1.165) is 12.8 Å². The molecule has 0 amide bonds. The van der Waals surface area contributed by atoms with Gasteiger partial charge in [-0.15, -0.1) is 0 Å². The minimum absolute atomic E-state index is 0.0358. The fraction of sp³-hybridized carbons (Fsp3) is 0.682. The number of aliphatic hydroxyl groups excluding tert-OH is 1. The van der Waals surface area contributed by atoms with Crippen LogP contribution >= 0.6 is 7.95 Å². The zero-order valence-electron chi connectivity index (χ0n) is 21.8. The minimum atomic E-state index is -1.95.